The Bertz CT molecular complexity index is 683. The van der Waals surface area contributed by atoms with Gasteiger partial charge < -0.3 is 14.2 Å². The van der Waals surface area contributed by atoms with Crippen LogP contribution in [-0.2, 0) is 4.79 Å². The molecule has 148 valence electrons. The molecule has 2 bridgehead atoms. The largest absolute Gasteiger partial charge is 0.408 e. The van der Waals surface area contributed by atoms with Gasteiger partial charge in [0.15, 0.2) is 0 Å². The number of hydrogen-bond donors (Lipinski definition) is 0. The van der Waals surface area contributed by atoms with Crippen LogP contribution in [0.2, 0.25) is 0 Å². The lowest BCUT2D eigenvalue weighted by atomic mass is 9.69. The fraction of sp³-hybridized carbons (Fsp3) is 0.857. The molecule has 6 heteroatoms. The average molecular weight is 373 g/mol. The molecule has 1 aromatic heterocycles. The van der Waals surface area contributed by atoms with Crippen LogP contribution in [0.1, 0.15) is 70.1 Å². The Labute approximate surface area is 161 Å². The number of amides is 1. The number of aromatic nitrogens is 2. The van der Waals surface area contributed by atoms with Crippen LogP contribution in [0.4, 0.5) is 6.01 Å². The van der Waals surface area contributed by atoms with Gasteiger partial charge >= 0.3 is 6.01 Å². The summed E-state index contributed by atoms with van der Waals surface area (Å²) in [6.45, 7) is 3.75. The molecule has 1 aliphatic carbocycles. The molecule has 4 atom stereocenters. The van der Waals surface area contributed by atoms with Gasteiger partial charge in [0.05, 0.1) is 0 Å². The average Bonchev–Trinajstić information content (AvgIpc) is 3.12. The van der Waals surface area contributed by atoms with E-state index in [1.165, 1.54) is 51.4 Å². The lowest BCUT2D eigenvalue weighted by Crippen LogP contribution is -2.65. The van der Waals surface area contributed by atoms with Gasteiger partial charge in [-0.3, -0.25) is 4.79 Å². The van der Waals surface area contributed by atoms with Crippen molar-refractivity contribution in [3.8, 4) is 0 Å². The molecule has 0 radical (unpaired) electrons. The van der Waals surface area contributed by atoms with Crippen molar-refractivity contribution in [2.75, 3.05) is 18.0 Å². The van der Waals surface area contributed by atoms with Crippen LogP contribution < -0.4 is 4.90 Å². The molecular formula is C21H32N4O2. The number of piperidine rings is 3. The molecule has 4 fully saturated rings. The molecule has 0 N–H and O–H groups in total. The van der Waals surface area contributed by atoms with Gasteiger partial charge in [-0.2, -0.15) is 0 Å². The van der Waals surface area contributed by atoms with E-state index < -0.39 is 0 Å². The minimum absolute atomic E-state index is 0.411. The number of hydrogen-bond acceptors (Lipinski definition) is 5. The van der Waals surface area contributed by atoms with Crippen molar-refractivity contribution in [1.29, 1.82) is 0 Å². The van der Waals surface area contributed by atoms with Crippen LogP contribution in [0.25, 0.3) is 0 Å². The molecule has 0 unspecified atom stereocenters. The first-order valence-electron chi connectivity index (χ1n) is 11.1. The monoisotopic (exact) mass is 372 g/mol. The van der Waals surface area contributed by atoms with Crippen molar-refractivity contribution in [1.82, 2.24) is 15.1 Å². The summed E-state index contributed by atoms with van der Waals surface area (Å²) in [6.07, 6.45) is 12.3. The van der Waals surface area contributed by atoms with Crippen LogP contribution >= 0.6 is 0 Å². The van der Waals surface area contributed by atoms with Crippen LogP contribution in [0.5, 0.6) is 0 Å². The van der Waals surface area contributed by atoms with Crippen LogP contribution in [0.3, 0.4) is 0 Å². The van der Waals surface area contributed by atoms with Gasteiger partial charge in [-0.15, -0.1) is 5.10 Å². The zero-order valence-corrected chi connectivity index (χ0v) is 16.5. The van der Waals surface area contributed by atoms with Gasteiger partial charge in [0.1, 0.15) is 0 Å². The van der Waals surface area contributed by atoms with Crippen LogP contribution in [0.15, 0.2) is 4.42 Å². The second-order valence-electron chi connectivity index (χ2n) is 9.33. The van der Waals surface area contributed by atoms with E-state index >= 15 is 0 Å². The van der Waals surface area contributed by atoms with E-state index in [4.69, 9.17) is 4.42 Å². The van der Waals surface area contributed by atoms with Gasteiger partial charge in [0.25, 0.3) is 0 Å². The fourth-order valence-electron chi connectivity index (χ4n) is 6.41. The summed E-state index contributed by atoms with van der Waals surface area (Å²) in [5, 5.41) is 8.32. The minimum Gasteiger partial charge on any atom is -0.408 e. The SMILES string of the molecule is Cc1nnc(N2C[C@H]3C[C@@H](C2)[C@H](CC2CCCCC2)N2C(=O)CCC[C@@H]32)o1. The highest BCUT2D eigenvalue weighted by Crippen LogP contribution is 2.45. The van der Waals surface area contributed by atoms with Crippen molar-refractivity contribution < 1.29 is 9.21 Å². The highest BCUT2D eigenvalue weighted by atomic mass is 16.4. The van der Waals surface area contributed by atoms with E-state index in [-0.39, 0.29) is 0 Å². The number of nitrogens with zero attached hydrogens (tertiary/aromatic N) is 4. The number of carbonyl (C=O) groups is 1. The van der Waals surface area contributed by atoms with Crippen LogP contribution in [-0.4, -0.2) is 46.2 Å². The number of fused-ring (bicyclic) bond motifs is 4. The Balaban J connectivity index is 1.41. The highest BCUT2D eigenvalue weighted by molar-refractivity contribution is 5.78. The second kappa shape index (κ2) is 7.10. The predicted octanol–water partition coefficient (Wildman–Crippen LogP) is 3.55. The van der Waals surface area contributed by atoms with Crippen molar-refractivity contribution in [2.24, 2.45) is 17.8 Å². The smallest absolute Gasteiger partial charge is 0.318 e. The molecule has 6 nitrogen and oxygen atoms in total. The Hall–Kier alpha value is -1.59. The molecule has 3 saturated heterocycles. The van der Waals surface area contributed by atoms with Gasteiger partial charge in [-0.25, -0.2) is 0 Å². The van der Waals surface area contributed by atoms with E-state index in [0.717, 1.165) is 31.8 Å². The zero-order chi connectivity index (χ0) is 18.4. The molecule has 4 aliphatic rings. The summed E-state index contributed by atoms with van der Waals surface area (Å²) in [7, 11) is 0. The fourth-order valence-corrected chi connectivity index (χ4v) is 6.41. The summed E-state index contributed by atoms with van der Waals surface area (Å²) in [5.74, 6) is 2.94. The third-order valence-electron chi connectivity index (χ3n) is 7.58. The molecular weight excluding hydrogens is 340 g/mol. The number of anilines is 1. The first kappa shape index (κ1) is 17.5. The molecule has 27 heavy (non-hydrogen) atoms. The quantitative estimate of drug-likeness (QED) is 0.812. The Morgan fingerprint density at radius 2 is 1.85 bits per heavy atom. The number of carbonyl (C=O) groups excluding carboxylic acids is 1. The molecule has 0 aromatic carbocycles. The Morgan fingerprint density at radius 1 is 1.04 bits per heavy atom. The molecule has 1 saturated carbocycles. The molecule has 1 aromatic rings. The third-order valence-corrected chi connectivity index (χ3v) is 7.58. The first-order valence-corrected chi connectivity index (χ1v) is 11.1. The van der Waals surface area contributed by atoms with Crippen LogP contribution in [0, 0.1) is 24.7 Å². The van der Waals surface area contributed by atoms with Crippen molar-refractivity contribution in [2.45, 2.75) is 83.2 Å². The number of rotatable bonds is 3. The van der Waals surface area contributed by atoms with Gasteiger partial charge in [-0.1, -0.05) is 37.2 Å². The normalized spacial score (nSPS) is 34.6. The molecule has 1 amide bonds. The van der Waals surface area contributed by atoms with Crippen molar-refractivity contribution >= 4 is 11.9 Å². The molecule has 0 spiro atoms. The standard InChI is InChI=1S/C21H32N4O2/c1-14-22-23-21(27-14)24-12-16-11-17(13-24)19(10-15-6-3-2-4-7-15)25-18(16)8-5-9-20(25)26/h15-19H,2-13H2,1H3/t16-,17+,18+,19+/m1/s1. The minimum atomic E-state index is 0.411. The van der Waals surface area contributed by atoms with E-state index in [1.54, 1.807) is 0 Å². The summed E-state index contributed by atoms with van der Waals surface area (Å²) >= 11 is 0. The summed E-state index contributed by atoms with van der Waals surface area (Å²) in [4.78, 5) is 17.6. The lowest BCUT2D eigenvalue weighted by molar-refractivity contribution is -0.149. The maximum Gasteiger partial charge on any atom is 0.318 e. The van der Waals surface area contributed by atoms with E-state index in [2.05, 4.69) is 20.0 Å². The van der Waals surface area contributed by atoms with E-state index in [9.17, 15) is 4.79 Å². The molecule has 5 rings (SSSR count). The van der Waals surface area contributed by atoms with E-state index in [0.29, 0.717) is 41.7 Å². The van der Waals surface area contributed by atoms with Crippen molar-refractivity contribution in [3.63, 3.8) is 0 Å². The van der Waals surface area contributed by atoms with Crippen molar-refractivity contribution in [3.05, 3.63) is 5.89 Å². The molecule has 3 aliphatic heterocycles. The number of aryl methyl sites for hydroxylation is 1. The van der Waals surface area contributed by atoms with Gasteiger partial charge in [-0.05, 0) is 43.4 Å². The second-order valence-corrected chi connectivity index (χ2v) is 9.33. The summed E-state index contributed by atoms with van der Waals surface area (Å²) in [5.41, 5.74) is 0. The van der Waals surface area contributed by atoms with Gasteiger partial charge in [0, 0.05) is 38.5 Å². The van der Waals surface area contributed by atoms with E-state index in [1.807, 2.05) is 6.92 Å². The Kier molecular flexibility index (Phi) is 4.60. The summed E-state index contributed by atoms with van der Waals surface area (Å²) < 4.78 is 5.75. The summed E-state index contributed by atoms with van der Waals surface area (Å²) in [6, 6.07) is 1.51. The van der Waals surface area contributed by atoms with Gasteiger partial charge in [0.2, 0.25) is 11.8 Å². The lowest BCUT2D eigenvalue weighted by Gasteiger charge is -2.57. The molecule has 4 heterocycles. The third kappa shape index (κ3) is 3.25. The predicted molar refractivity (Wildman–Crippen MR) is 102 cm³/mol. The highest BCUT2D eigenvalue weighted by Gasteiger charge is 2.50. The zero-order valence-electron chi connectivity index (χ0n) is 16.5. The Morgan fingerprint density at radius 3 is 2.63 bits per heavy atom. The topological polar surface area (TPSA) is 62.5 Å². The maximum atomic E-state index is 12.9. The maximum absolute atomic E-state index is 12.9. The first-order chi connectivity index (χ1) is 13.2.